The molecule has 5 heteroatoms. The molecular formula is C16H11ClN2O2. The lowest BCUT2D eigenvalue weighted by molar-refractivity contribution is 0.305. The Morgan fingerprint density at radius 1 is 1.10 bits per heavy atom. The molecule has 0 atom stereocenters. The molecule has 2 aromatic carbocycles. The second-order valence-electron chi connectivity index (χ2n) is 4.16. The van der Waals surface area contributed by atoms with Gasteiger partial charge in [-0.05, 0) is 29.8 Å². The van der Waals surface area contributed by atoms with Crippen LogP contribution in [0.15, 0.2) is 36.4 Å². The van der Waals surface area contributed by atoms with E-state index in [1.807, 2.05) is 6.07 Å². The summed E-state index contributed by atoms with van der Waals surface area (Å²) >= 11 is 5.94. The fourth-order valence-corrected chi connectivity index (χ4v) is 2.03. The Labute approximate surface area is 127 Å². The number of halogens is 1. The zero-order valence-electron chi connectivity index (χ0n) is 11.3. The van der Waals surface area contributed by atoms with Crippen LogP contribution in [0.4, 0.5) is 0 Å². The number of hydrogen-bond donors (Lipinski definition) is 0. The van der Waals surface area contributed by atoms with Gasteiger partial charge in [-0.15, -0.1) is 0 Å². The highest BCUT2D eigenvalue weighted by molar-refractivity contribution is 6.31. The number of methoxy groups -OCH3 is 1. The second-order valence-corrected chi connectivity index (χ2v) is 4.57. The molecule has 0 saturated carbocycles. The summed E-state index contributed by atoms with van der Waals surface area (Å²) in [6, 6.07) is 14.3. The number of nitriles is 2. The highest BCUT2D eigenvalue weighted by Gasteiger charge is 2.09. The molecule has 21 heavy (non-hydrogen) atoms. The van der Waals surface area contributed by atoms with Crippen LogP contribution in [0, 0.1) is 22.7 Å². The van der Waals surface area contributed by atoms with E-state index in [1.165, 1.54) is 7.11 Å². The summed E-state index contributed by atoms with van der Waals surface area (Å²) in [6.07, 6.45) is 0. The molecular weight excluding hydrogens is 288 g/mol. The van der Waals surface area contributed by atoms with Crippen LogP contribution in [0.25, 0.3) is 0 Å². The lowest BCUT2D eigenvalue weighted by atomic mass is 10.1. The van der Waals surface area contributed by atoms with Crippen LogP contribution < -0.4 is 9.47 Å². The van der Waals surface area contributed by atoms with E-state index in [2.05, 4.69) is 6.07 Å². The third kappa shape index (κ3) is 3.25. The Morgan fingerprint density at radius 2 is 1.90 bits per heavy atom. The van der Waals surface area contributed by atoms with Gasteiger partial charge in [0, 0.05) is 0 Å². The zero-order chi connectivity index (χ0) is 15.2. The predicted molar refractivity (Wildman–Crippen MR) is 78.2 cm³/mol. The maximum atomic E-state index is 9.07. The van der Waals surface area contributed by atoms with E-state index in [0.29, 0.717) is 27.6 Å². The molecule has 104 valence electrons. The molecule has 2 rings (SSSR count). The molecule has 0 amide bonds. The van der Waals surface area contributed by atoms with Gasteiger partial charge in [0.15, 0.2) is 0 Å². The summed E-state index contributed by atoms with van der Waals surface area (Å²) < 4.78 is 10.7. The number of rotatable bonds is 4. The molecule has 2 aromatic rings. The van der Waals surface area contributed by atoms with Gasteiger partial charge in [-0.1, -0.05) is 23.7 Å². The van der Waals surface area contributed by atoms with Crippen molar-refractivity contribution in [1.82, 2.24) is 0 Å². The minimum Gasteiger partial charge on any atom is -0.495 e. The maximum absolute atomic E-state index is 9.07. The van der Waals surface area contributed by atoms with Crippen molar-refractivity contribution in [1.29, 1.82) is 10.5 Å². The summed E-state index contributed by atoms with van der Waals surface area (Å²) in [5.41, 5.74) is 1.54. The molecule has 0 aromatic heterocycles. The van der Waals surface area contributed by atoms with Gasteiger partial charge in [0.05, 0.1) is 17.7 Å². The Bertz CT molecular complexity index is 745. The summed E-state index contributed by atoms with van der Waals surface area (Å²) in [5.74, 6) is 0.932. The minimum absolute atomic E-state index is 0.230. The van der Waals surface area contributed by atoms with Crippen LogP contribution in [-0.4, -0.2) is 7.11 Å². The van der Waals surface area contributed by atoms with Crippen molar-refractivity contribution in [3.05, 3.63) is 58.1 Å². The molecule has 0 aliphatic carbocycles. The molecule has 0 radical (unpaired) electrons. The molecule has 0 unspecified atom stereocenters. The fraction of sp³-hybridized carbons (Fsp3) is 0.125. The Hall–Kier alpha value is -2.69. The molecule has 0 spiro atoms. The number of benzene rings is 2. The fourth-order valence-electron chi connectivity index (χ4n) is 1.83. The quantitative estimate of drug-likeness (QED) is 0.863. The first kappa shape index (κ1) is 14.7. The first-order valence-electron chi connectivity index (χ1n) is 6.08. The standard InChI is InChI=1S/C16H11ClN2O2/c1-20-15-6-5-11(7-12(15)8-18)10-21-16-4-2-3-14(17)13(16)9-19/h2-7H,10H2,1H3. The van der Waals surface area contributed by atoms with E-state index < -0.39 is 0 Å². The van der Waals surface area contributed by atoms with E-state index >= 15 is 0 Å². The van der Waals surface area contributed by atoms with Gasteiger partial charge in [0.2, 0.25) is 0 Å². The third-order valence-corrected chi connectivity index (χ3v) is 3.18. The SMILES string of the molecule is COc1ccc(COc2cccc(Cl)c2C#N)cc1C#N. The van der Waals surface area contributed by atoms with Gasteiger partial charge in [0.25, 0.3) is 0 Å². The largest absolute Gasteiger partial charge is 0.495 e. The Balaban J connectivity index is 2.20. The highest BCUT2D eigenvalue weighted by Crippen LogP contribution is 2.26. The van der Waals surface area contributed by atoms with E-state index in [4.69, 9.17) is 31.6 Å². The normalized spacial score (nSPS) is 9.52. The van der Waals surface area contributed by atoms with Gasteiger partial charge < -0.3 is 9.47 Å². The summed E-state index contributed by atoms with van der Waals surface area (Å²) in [7, 11) is 1.51. The van der Waals surface area contributed by atoms with Gasteiger partial charge in [-0.25, -0.2) is 0 Å². The molecule has 4 nitrogen and oxygen atoms in total. The van der Waals surface area contributed by atoms with Crippen molar-refractivity contribution in [2.45, 2.75) is 6.61 Å². The lowest BCUT2D eigenvalue weighted by Gasteiger charge is -2.10. The topological polar surface area (TPSA) is 66.0 Å². The monoisotopic (exact) mass is 298 g/mol. The first-order valence-corrected chi connectivity index (χ1v) is 6.45. The number of hydrogen-bond acceptors (Lipinski definition) is 4. The van der Waals surface area contributed by atoms with Gasteiger partial charge in [-0.3, -0.25) is 0 Å². The van der Waals surface area contributed by atoms with E-state index in [-0.39, 0.29) is 6.61 Å². The molecule has 0 heterocycles. The van der Waals surface area contributed by atoms with Crippen LogP contribution in [0.3, 0.4) is 0 Å². The van der Waals surface area contributed by atoms with E-state index in [0.717, 1.165) is 5.56 Å². The van der Waals surface area contributed by atoms with E-state index in [9.17, 15) is 0 Å². The Kier molecular flexibility index (Phi) is 4.66. The van der Waals surface area contributed by atoms with Crippen molar-refractivity contribution in [3.63, 3.8) is 0 Å². The van der Waals surface area contributed by atoms with Crippen molar-refractivity contribution in [2.24, 2.45) is 0 Å². The third-order valence-electron chi connectivity index (χ3n) is 2.87. The number of nitrogens with zero attached hydrogens (tertiary/aromatic N) is 2. The molecule has 0 fully saturated rings. The Morgan fingerprint density at radius 3 is 2.57 bits per heavy atom. The average Bonchev–Trinajstić information content (AvgIpc) is 2.52. The summed E-state index contributed by atoms with van der Waals surface area (Å²) in [4.78, 5) is 0. The van der Waals surface area contributed by atoms with Crippen molar-refractivity contribution >= 4 is 11.6 Å². The minimum atomic E-state index is 0.230. The molecule has 0 bridgehead atoms. The van der Waals surface area contributed by atoms with Crippen LogP contribution in [0.2, 0.25) is 5.02 Å². The smallest absolute Gasteiger partial charge is 0.139 e. The van der Waals surface area contributed by atoms with Crippen LogP contribution in [0.1, 0.15) is 16.7 Å². The summed E-state index contributed by atoms with van der Waals surface area (Å²) in [6.45, 7) is 0.230. The van der Waals surface area contributed by atoms with Crippen molar-refractivity contribution < 1.29 is 9.47 Å². The predicted octanol–water partition coefficient (Wildman–Crippen LogP) is 3.67. The molecule has 0 aliphatic rings. The van der Waals surface area contributed by atoms with Crippen molar-refractivity contribution in [2.75, 3.05) is 7.11 Å². The number of ether oxygens (including phenoxy) is 2. The molecule has 0 aliphatic heterocycles. The lowest BCUT2D eigenvalue weighted by Crippen LogP contribution is -1.99. The second kappa shape index (κ2) is 6.65. The van der Waals surface area contributed by atoms with Crippen LogP contribution >= 0.6 is 11.6 Å². The van der Waals surface area contributed by atoms with E-state index in [1.54, 1.807) is 36.4 Å². The van der Waals surface area contributed by atoms with Gasteiger partial charge in [0.1, 0.15) is 35.8 Å². The average molecular weight is 299 g/mol. The van der Waals surface area contributed by atoms with Gasteiger partial charge in [-0.2, -0.15) is 10.5 Å². The maximum Gasteiger partial charge on any atom is 0.139 e. The zero-order valence-corrected chi connectivity index (χ0v) is 12.0. The van der Waals surface area contributed by atoms with Crippen LogP contribution in [0.5, 0.6) is 11.5 Å². The van der Waals surface area contributed by atoms with Crippen molar-refractivity contribution in [3.8, 4) is 23.6 Å². The molecule has 0 saturated heterocycles. The van der Waals surface area contributed by atoms with Crippen LogP contribution in [-0.2, 0) is 6.61 Å². The summed E-state index contributed by atoms with van der Waals surface area (Å²) in [5, 5.41) is 18.5. The van der Waals surface area contributed by atoms with Gasteiger partial charge >= 0.3 is 0 Å². The first-order chi connectivity index (χ1) is 10.2. The molecule has 0 N–H and O–H groups in total. The highest BCUT2D eigenvalue weighted by atomic mass is 35.5.